The van der Waals surface area contributed by atoms with Gasteiger partial charge in [0.05, 0.1) is 17.8 Å². The van der Waals surface area contributed by atoms with E-state index in [-0.39, 0.29) is 16.7 Å². The summed E-state index contributed by atoms with van der Waals surface area (Å²) in [4.78, 5) is 13.4. The number of nitrogens with two attached hydrogens (primary N) is 1. The number of benzene rings is 2. The highest BCUT2D eigenvalue weighted by Gasteiger charge is 2.14. The fraction of sp³-hybridized carbons (Fsp3) is 0.150. The van der Waals surface area contributed by atoms with Gasteiger partial charge in [0, 0.05) is 10.6 Å². The third kappa shape index (κ3) is 4.59. The van der Waals surface area contributed by atoms with Gasteiger partial charge in [0.1, 0.15) is 4.21 Å². The van der Waals surface area contributed by atoms with E-state index < -0.39 is 10.0 Å². The van der Waals surface area contributed by atoms with E-state index in [1.807, 2.05) is 44.2 Å². The quantitative estimate of drug-likeness (QED) is 0.571. The SMILES string of the molecule is Cc1cccc(Nc2ccccc2C(=O)NCc2ccc(S(N)(=O)=O)s2)c1C. The summed E-state index contributed by atoms with van der Waals surface area (Å²) in [5, 5.41) is 11.3. The standard InChI is InChI=1S/C20H21N3O3S2/c1-13-6-5-9-17(14(13)2)23-18-8-4-3-7-16(18)20(24)22-12-15-10-11-19(27-15)28(21,25)26/h3-11,23H,12H2,1-2H3,(H,22,24)(H2,21,25,26). The maximum Gasteiger partial charge on any atom is 0.253 e. The minimum Gasteiger partial charge on any atom is -0.355 e. The van der Waals surface area contributed by atoms with Gasteiger partial charge in [-0.2, -0.15) is 0 Å². The molecule has 0 saturated heterocycles. The van der Waals surface area contributed by atoms with Crippen LogP contribution in [0.3, 0.4) is 0 Å². The molecule has 0 bridgehead atoms. The topological polar surface area (TPSA) is 101 Å². The van der Waals surface area contributed by atoms with Crippen LogP contribution in [0.15, 0.2) is 58.8 Å². The van der Waals surface area contributed by atoms with Gasteiger partial charge in [0.15, 0.2) is 0 Å². The van der Waals surface area contributed by atoms with Crippen molar-refractivity contribution in [3.05, 3.63) is 76.2 Å². The zero-order valence-electron chi connectivity index (χ0n) is 15.5. The number of para-hydroxylation sites is 1. The molecule has 0 saturated carbocycles. The minimum atomic E-state index is -3.73. The predicted octanol–water partition coefficient (Wildman–Crippen LogP) is 3.69. The Bertz CT molecular complexity index is 1120. The first-order valence-corrected chi connectivity index (χ1v) is 10.9. The molecule has 2 aromatic carbocycles. The summed E-state index contributed by atoms with van der Waals surface area (Å²) in [6.45, 7) is 4.28. The van der Waals surface area contributed by atoms with E-state index in [4.69, 9.17) is 5.14 Å². The van der Waals surface area contributed by atoms with Crippen LogP contribution in [0.5, 0.6) is 0 Å². The molecule has 4 N–H and O–H groups in total. The molecule has 0 unspecified atom stereocenters. The van der Waals surface area contributed by atoms with Crippen molar-refractivity contribution in [2.45, 2.75) is 24.6 Å². The molecule has 3 aromatic rings. The Kier molecular flexibility index (Phi) is 5.83. The van der Waals surface area contributed by atoms with Crippen LogP contribution in [0.2, 0.25) is 0 Å². The summed E-state index contributed by atoms with van der Waals surface area (Å²) in [5.41, 5.74) is 4.43. The Morgan fingerprint density at radius 1 is 1.00 bits per heavy atom. The number of aryl methyl sites for hydroxylation is 1. The van der Waals surface area contributed by atoms with E-state index >= 15 is 0 Å². The van der Waals surface area contributed by atoms with Crippen molar-refractivity contribution >= 4 is 38.6 Å². The third-order valence-electron chi connectivity index (χ3n) is 4.39. The maximum atomic E-state index is 12.7. The van der Waals surface area contributed by atoms with Gasteiger partial charge in [-0.1, -0.05) is 24.3 Å². The van der Waals surface area contributed by atoms with Crippen molar-refractivity contribution in [3.63, 3.8) is 0 Å². The molecule has 3 rings (SSSR count). The Labute approximate surface area is 168 Å². The average molecular weight is 416 g/mol. The number of anilines is 2. The van der Waals surface area contributed by atoms with E-state index in [0.29, 0.717) is 16.1 Å². The molecule has 0 aliphatic heterocycles. The molecular weight excluding hydrogens is 394 g/mol. The summed E-state index contributed by atoms with van der Waals surface area (Å²) >= 11 is 1.04. The maximum absolute atomic E-state index is 12.7. The fourth-order valence-corrected chi connectivity index (χ4v) is 4.41. The van der Waals surface area contributed by atoms with Gasteiger partial charge in [-0.05, 0) is 55.3 Å². The molecule has 0 aliphatic rings. The Morgan fingerprint density at radius 3 is 2.43 bits per heavy atom. The number of rotatable bonds is 6. The molecule has 28 heavy (non-hydrogen) atoms. The van der Waals surface area contributed by atoms with E-state index in [1.165, 1.54) is 6.07 Å². The molecule has 0 aliphatic carbocycles. The van der Waals surface area contributed by atoms with Crippen molar-refractivity contribution in [1.82, 2.24) is 5.32 Å². The Hall–Kier alpha value is -2.68. The zero-order valence-corrected chi connectivity index (χ0v) is 17.2. The molecule has 0 spiro atoms. The summed E-state index contributed by atoms with van der Waals surface area (Å²) in [5.74, 6) is -0.251. The number of amides is 1. The lowest BCUT2D eigenvalue weighted by Crippen LogP contribution is -2.23. The number of hydrogen-bond acceptors (Lipinski definition) is 5. The van der Waals surface area contributed by atoms with Crippen LogP contribution < -0.4 is 15.8 Å². The summed E-state index contributed by atoms with van der Waals surface area (Å²) in [7, 11) is -3.73. The second-order valence-corrected chi connectivity index (χ2v) is 9.32. The van der Waals surface area contributed by atoms with Crippen LogP contribution in [0, 0.1) is 13.8 Å². The van der Waals surface area contributed by atoms with Crippen LogP contribution in [0.1, 0.15) is 26.4 Å². The predicted molar refractivity (Wildman–Crippen MR) is 113 cm³/mol. The van der Waals surface area contributed by atoms with Crippen LogP contribution in [-0.4, -0.2) is 14.3 Å². The summed E-state index contributed by atoms with van der Waals surface area (Å²) in [6, 6.07) is 16.3. The molecule has 1 amide bonds. The minimum absolute atomic E-state index is 0.0775. The largest absolute Gasteiger partial charge is 0.355 e. The second-order valence-electron chi connectivity index (χ2n) is 6.37. The number of carbonyl (C=O) groups is 1. The van der Waals surface area contributed by atoms with Gasteiger partial charge in [-0.15, -0.1) is 11.3 Å². The van der Waals surface area contributed by atoms with Crippen molar-refractivity contribution in [2.75, 3.05) is 5.32 Å². The van der Waals surface area contributed by atoms with Gasteiger partial charge in [0.25, 0.3) is 5.91 Å². The lowest BCUT2D eigenvalue weighted by atomic mass is 10.1. The number of primary sulfonamides is 1. The van der Waals surface area contributed by atoms with Crippen LogP contribution in [0.25, 0.3) is 0 Å². The molecule has 0 atom stereocenters. The molecule has 0 fully saturated rings. The highest BCUT2D eigenvalue weighted by Crippen LogP contribution is 2.25. The molecule has 1 heterocycles. The van der Waals surface area contributed by atoms with Gasteiger partial charge in [-0.25, -0.2) is 13.6 Å². The second kappa shape index (κ2) is 8.14. The van der Waals surface area contributed by atoms with Crippen molar-refractivity contribution in [2.24, 2.45) is 5.14 Å². The Morgan fingerprint density at radius 2 is 1.71 bits per heavy atom. The van der Waals surface area contributed by atoms with Gasteiger partial charge >= 0.3 is 0 Å². The van der Waals surface area contributed by atoms with Gasteiger partial charge in [-0.3, -0.25) is 4.79 Å². The van der Waals surface area contributed by atoms with Crippen LogP contribution in [-0.2, 0) is 16.6 Å². The average Bonchev–Trinajstić information content (AvgIpc) is 3.13. The van der Waals surface area contributed by atoms with E-state index in [0.717, 1.165) is 28.2 Å². The molecule has 1 aromatic heterocycles. The number of sulfonamides is 1. The van der Waals surface area contributed by atoms with E-state index in [1.54, 1.807) is 18.2 Å². The fourth-order valence-electron chi connectivity index (χ4n) is 2.69. The van der Waals surface area contributed by atoms with Crippen LogP contribution >= 0.6 is 11.3 Å². The number of carbonyl (C=O) groups excluding carboxylic acids is 1. The first kappa shape index (κ1) is 20.1. The number of thiophene rings is 1. The first-order valence-electron chi connectivity index (χ1n) is 8.57. The summed E-state index contributed by atoms with van der Waals surface area (Å²) < 4.78 is 22.8. The van der Waals surface area contributed by atoms with Gasteiger partial charge in [0.2, 0.25) is 10.0 Å². The third-order valence-corrected chi connectivity index (χ3v) is 6.91. The molecule has 0 radical (unpaired) electrons. The monoisotopic (exact) mass is 415 g/mol. The van der Waals surface area contributed by atoms with E-state index in [2.05, 4.69) is 10.6 Å². The zero-order chi connectivity index (χ0) is 20.3. The van der Waals surface area contributed by atoms with Crippen LogP contribution in [0.4, 0.5) is 11.4 Å². The van der Waals surface area contributed by atoms with Crippen molar-refractivity contribution in [1.29, 1.82) is 0 Å². The van der Waals surface area contributed by atoms with Crippen molar-refractivity contribution in [3.8, 4) is 0 Å². The normalized spacial score (nSPS) is 11.2. The Balaban J connectivity index is 1.76. The van der Waals surface area contributed by atoms with Crippen molar-refractivity contribution < 1.29 is 13.2 Å². The molecule has 6 nitrogen and oxygen atoms in total. The highest BCUT2D eigenvalue weighted by atomic mass is 32.2. The first-order chi connectivity index (χ1) is 13.3. The highest BCUT2D eigenvalue weighted by molar-refractivity contribution is 7.91. The van der Waals surface area contributed by atoms with E-state index in [9.17, 15) is 13.2 Å². The number of hydrogen-bond donors (Lipinski definition) is 3. The summed E-state index contributed by atoms with van der Waals surface area (Å²) in [6.07, 6.45) is 0. The lowest BCUT2D eigenvalue weighted by Gasteiger charge is -2.15. The molecule has 146 valence electrons. The molecular formula is C20H21N3O3S2. The lowest BCUT2D eigenvalue weighted by molar-refractivity contribution is 0.0952. The smallest absolute Gasteiger partial charge is 0.253 e. The molecule has 8 heteroatoms. The number of nitrogens with one attached hydrogen (secondary N) is 2. The van der Waals surface area contributed by atoms with Gasteiger partial charge < -0.3 is 10.6 Å².